The maximum absolute atomic E-state index is 12.7. The van der Waals surface area contributed by atoms with Crippen LogP contribution in [0.5, 0.6) is 5.75 Å². The maximum Gasteiger partial charge on any atom is 0.251 e. The molecule has 0 saturated carbocycles. The van der Waals surface area contributed by atoms with Crippen molar-refractivity contribution in [3.05, 3.63) is 71.7 Å². The van der Waals surface area contributed by atoms with Crippen molar-refractivity contribution in [2.75, 3.05) is 38.7 Å². The number of imidazole rings is 1. The summed E-state index contributed by atoms with van der Waals surface area (Å²) >= 11 is 0. The third kappa shape index (κ3) is 6.42. The molecule has 4 rings (SSSR count). The van der Waals surface area contributed by atoms with E-state index in [-0.39, 0.29) is 18.3 Å². The summed E-state index contributed by atoms with van der Waals surface area (Å²) in [7, 11) is 1.68. The molecule has 2 aromatic heterocycles. The van der Waals surface area contributed by atoms with Gasteiger partial charge in [0.1, 0.15) is 5.75 Å². The van der Waals surface area contributed by atoms with Crippen molar-refractivity contribution in [2.45, 2.75) is 26.7 Å². The van der Waals surface area contributed by atoms with Crippen LogP contribution < -0.4 is 21.1 Å². The van der Waals surface area contributed by atoms with Crippen molar-refractivity contribution in [1.29, 1.82) is 0 Å². The Hall–Kier alpha value is -3.66. The van der Waals surface area contributed by atoms with Gasteiger partial charge in [-0.2, -0.15) is 0 Å². The summed E-state index contributed by atoms with van der Waals surface area (Å²) in [6.45, 7) is 5.97. The number of carbonyl (C=O) groups excluding carboxylic acids is 1. The average molecular weight is 539 g/mol. The van der Waals surface area contributed by atoms with E-state index in [2.05, 4.69) is 39.7 Å². The second kappa shape index (κ2) is 13.8. The predicted octanol–water partition coefficient (Wildman–Crippen LogP) is 4.40. The number of aryl methyl sites for hydroxylation is 2. The summed E-state index contributed by atoms with van der Waals surface area (Å²) in [6.07, 6.45) is 7.12. The van der Waals surface area contributed by atoms with E-state index in [1.807, 2.05) is 48.0 Å². The second-order valence-corrected chi connectivity index (χ2v) is 8.50. The van der Waals surface area contributed by atoms with Crippen LogP contribution in [0.1, 0.15) is 35.3 Å². The molecule has 10 heteroatoms. The number of hydrogen-bond acceptors (Lipinski definition) is 7. The minimum absolute atomic E-state index is 0. The van der Waals surface area contributed by atoms with Crippen molar-refractivity contribution in [1.82, 2.24) is 19.7 Å². The number of nitrogens with one attached hydrogen (secondary N) is 2. The largest absolute Gasteiger partial charge is 0.497 e. The third-order valence-corrected chi connectivity index (χ3v) is 6.18. The molecule has 1 amide bonds. The van der Waals surface area contributed by atoms with Crippen molar-refractivity contribution < 1.29 is 14.3 Å². The molecule has 0 radical (unpaired) electrons. The van der Waals surface area contributed by atoms with Crippen LogP contribution in [-0.4, -0.2) is 53.7 Å². The maximum atomic E-state index is 12.7. The van der Waals surface area contributed by atoms with Gasteiger partial charge >= 0.3 is 0 Å². The highest BCUT2D eigenvalue weighted by molar-refractivity contribution is 5.96. The molecule has 0 spiro atoms. The Morgan fingerprint density at radius 1 is 1.05 bits per heavy atom. The first-order chi connectivity index (χ1) is 18.1. The quantitative estimate of drug-likeness (QED) is 0.229. The molecule has 0 saturated heterocycles. The van der Waals surface area contributed by atoms with Crippen LogP contribution in [0.25, 0.3) is 16.9 Å². The van der Waals surface area contributed by atoms with Crippen LogP contribution in [0.3, 0.4) is 0 Å². The van der Waals surface area contributed by atoms with Crippen molar-refractivity contribution >= 4 is 35.5 Å². The first kappa shape index (κ1) is 28.9. The number of benzene rings is 2. The zero-order valence-corrected chi connectivity index (χ0v) is 22.8. The van der Waals surface area contributed by atoms with Crippen molar-refractivity contribution in [3.8, 4) is 17.0 Å². The van der Waals surface area contributed by atoms with Gasteiger partial charge in [-0.3, -0.25) is 9.20 Å². The number of methoxy groups -OCH3 is 1. The average Bonchev–Trinajstić information content (AvgIpc) is 3.37. The molecule has 4 aromatic rings. The highest BCUT2D eigenvalue weighted by Gasteiger charge is 2.15. The molecule has 2 aromatic carbocycles. The number of hydrogen-bond donors (Lipinski definition) is 3. The molecule has 0 aliphatic carbocycles. The number of halogens is 1. The van der Waals surface area contributed by atoms with E-state index in [4.69, 9.17) is 15.2 Å². The smallest absolute Gasteiger partial charge is 0.251 e. The topological polar surface area (TPSA) is 116 Å². The van der Waals surface area contributed by atoms with Crippen LogP contribution in [0, 0.1) is 0 Å². The predicted molar refractivity (Wildman–Crippen MR) is 153 cm³/mol. The Morgan fingerprint density at radius 2 is 1.87 bits per heavy atom. The van der Waals surface area contributed by atoms with Gasteiger partial charge < -0.3 is 25.8 Å². The van der Waals surface area contributed by atoms with Crippen molar-refractivity contribution in [3.63, 3.8) is 0 Å². The fraction of sp³-hybridized carbons (Fsp3) is 0.321. The van der Waals surface area contributed by atoms with Crippen molar-refractivity contribution in [2.24, 2.45) is 5.73 Å². The first-order valence-corrected chi connectivity index (χ1v) is 12.5. The number of ether oxygens (including phenoxy) is 2. The molecule has 0 bridgehead atoms. The summed E-state index contributed by atoms with van der Waals surface area (Å²) < 4.78 is 12.8. The number of carbonyl (C=O) groups is 1. The lowest BCUT2D eigenvalue weighted by atomic mass is 10.0. The van der Waals surface area contributed by atoms with Gasteiger partial charge in [-0.25, -0.2) is 9.97 Å². The van der Waals surface area contributed by atoms with Gasteiger partial charge in [0.2, 0.25) is 0 Å². The number of nitrogens with zero attached hydrogens (tertiary/aromatic N) is 3. The monoisotopic (exact) mass is 538 g/mol. The van der Waals surface area contributed by atoms with Crippen LogP contribution in [0.2, 0.25) is 0 Å². The minimum Gasteiger partial charge on any atom is -0.497 e. The van der Waals surface area contributed by atoms with Crippen LogP contribution in [-0.2, 0) is 17.6 Å². The Labute approximate surface area is 229 Å². The summed E-state index contributed by atoms with van der Waals surface area (Å²) in [5.41, 5.74) is 11.8. The number of amides is 1. The zero-order chi connectivity index (χ0) is 26.2. The van der Waals surface area contributed by atoms with Gasteiger partial charge in [0.05, 0.1) is 32.2 Å². The number of anilines is 2. The lowest BCUT2D eigenvalue weighted by Crippen LogP contribution is -2.28. The lowest BCUT2D eigenvalue weighted by Gasteiger charge is -2.13. The molecule has 202 valence electrons. The van der Waals surface area contributed by atoms with E-state index in [0.717, 1.165) is 34.7 Å². The molecule has 0 fully saturated rings. The van der Waals surface area contributed by atoms with Crippen LogP contribution in [0.15, 0.2) is 55.0 Å². The minimum atomic E-state index is -0.121. The number of rotatable bonds is 12. The molecule has 2 heterocycles. The summed E-state index contributed by atoms with van der Waals surface area (Å²) in [4.78, 5) is 21.9. The Kier molecular flexibility index (Phi) is 10.5. The Morgan fingerprint density at radius 3 is 2.61 bits per heavy atom. The molecule has 9 nitrogen and oxygen atoms in total. The lowest BCUT2D eigenvalue weighted by molar-refractivity contribution is 0.0919. The Bertz CT molecular complexity index is 1370. The fourth-order valence-corrected chi connectivity index (χ4v) is 4.29. The van der Waals surface area contributed by atoms with Gasteiger partial charge in [-0.1, -0.05) is 13.8 Å². The van der Waals surface area contributed by atoms with Gasteiger partial charge in [0, 0.05) is 42.3 Å². The van der Waals surface area contributed by atoms with E-state index in [9.17, 15) is 4.79 Å². The summed E-state index contributed by atoms with van der Waals surface area (Å²) in [5.74, 6) is 1.35. The summed E-state index contributed by atoms with van der Waals surface area (Å²) in [5, 5.41) is 6.29. The highest BCUT2D eigenvalue weighted by Crippen LogP contribution is 2.30. The molecule has 38 heavy (non-hydrogen) atoms. The Balaban J connectivity index is 0.00000400. The summed E-state index contributed by atoms with van der Waals surface area (Å²) in [6, 6.07) is 11.8. The van der Waals surface area contributed by atoms with Gasteiger partial charge in [-0.15, -0.1) is 12.4 Å². The second-order valence-electron chi connectivity index (χ2n) is 8.50. The number of fused-ring (bicyclic) bond motifs is 1. The third-order valence-electron chi connectivity index (χ3n) is 6.18. The molecule has 4 N–H and O–H groups in total. The fourth-order valence-electron chi connectivity index (χ4n) is 4.29. The molecule has 0 aliphatic heterocycles. The van der Waals surface area contributed by atoms with Crippen LogP contribution >= 0.6 is 12.4 Å². The van der Waals surface area contributed by atoms with E-state index >= 15 is 0 Å². The molecular weight excluding hydrogens is 504 g/mol. The standard InChI is InChI=1S/C28H34N6O3.ClH/c1-4-19-16-21(6-8-24(19)28(35)31-12-15-37-14-10-29)33-26-27-32-18-25(34(27)13-11-30-26)23-9-7-22(36-3)17-20(23)5-2;/h6-9,11,13,16-18H,4-5,10,12,14-15,29H2,1-3H3,(H,30,33)(H,31,35);1H. The zero-order valence-electron chi connectivity index (χ0n) is 22.0. The highest BCUT2D eigenvalue weighted by atomic mass is 35.5. The van der Waals surface area contributed by atoms with Gasteiger partial charge in [-0.05, 0) is 60.4 Å². The van der Waals surface area contributed by atoms with Crippen LogP contribution in [0.4, 0.5) is 11.5 Å². The van der Waals surface area contributed by atoms with E-state index in [1.165, 1.54) is 5.56 Å². The SMILES string of the molecule is CCc1cc(Nc2nccn3c(-c4ccc(OC)cc4CC)cnc23)ccc1C(=O)NCCOCCN.Cl. The number of nitrogens with two attached hydrogens (primary N) is 1. The number of aromatic nitrogens is 3. The molecular formula is C28H35ClN6O3. The van der Waals surface area contributed by atoms with E-state index < -0.39 is 0 Å². The molecule has 0 atom stereocenters. The van der Waals surface area contributed by atoms with Gasteiger partial charge in [0.15, 0.2) is 11.5 Å². The molecule has 0 aliphatic rings. The van der Waals surface area contributed by atoms with E-state index in [1.54, 1.807) is 13.3 Å². The van der Waals surface area contributed by atoms with E-state index in [0.29, 0.717) is 49.8 Å². The normalized spacial score (nSPS) is 10.7. The first-order valence-electron chi connectivity index (χ1n) is 12.5. The molecule has 0 unspecified atom stereocenters. The van der Waals surface area contributed by atoms with Gasteiger partial charge in [0.25, 0.3) is 5.91 Å².